The number of aliphatic hydroxyl groups is 1. The fourth-order valence-electron chi connectivity index (χ4n) is 13.2. The van der Waals surface area contributed by atoms with Crippen LogP contribution in [0.2, 0.25) is 0 Å². The van der Waals surface area contributed by atoms with Gasteiger partial charge in [-0.3, -0.25) is 0 Å². The van der Waals surface area contributed by atoms with Crippen LogP contribution in [0.5, 0.6) is 0 Å². The molecule has 5 aliphatic carbocycles. The first-order valence-electron chi connectivity index (χ1n) is 17.6. The van der Waals surface area contributed by atoms with Gasteiger partial charge in [0.1, 0.15) is 12.2 Å². The van der Waals surface area contributed by atoms with Crippen LogP contribution in [0.1, 0.15) is 99.8 Å². The molecule has 2 amide bonds. The molecule has 0 radical (unpaired) electrons. The first kappa shape index (κ1) is 31.0. The lowest BCUT2D eigenvalue weighted by Crippen LogP contribution is -2.60. The normalized spacial score (nSPS) is 50.9. The molecular weight excluding hydrogens is 558 g/mol. The van der Waals surface area contributed by atoms with E-state index in [1.165, 1.54) is 12.8 Å². The number of rotatable bonds is 5. The van der Waals surface area contributed by atoms with Crippen LogP contribution >= 0.6 is 0 Å². The summed E-state index contributed by atoms with van der Waals surface area (Å²) in [7, 11) is 0. The van der Waals surface area contributed by atoms with Crippen LogP contribution in [0.4, 0.5) is 9.59 Å². The van der Waals surface area contributed by atoms with Crippen molar-refractivity contribution in [1.82, 2.24) is 10.6 Å². The molecule has 2 spiro atoms. The number of nitrogens with one attached hydrogen (secondary N) is 2. The Bertz CT molecular complexity index is 1190. The van der Waals surface area contributed by atoms with Crippen molar-refractivity contribution < 1.29 is 28.9 Å². The smallest absolute Gasteiger partial charge is 0.407 e. The molecule has 0 aromatic carbocycles. The summed E-state index contributed by atoms with van der Waals surface area (Å²) in [5.74, 6) is 1.61. The second kappa shape index (κ2) is 9.96. The predicted octanol–water partition coefficient (Wildman–Crippen LogP) is 4.99. The lowest BCUT2D eigenvalue weighted by molar-refractivity contribution is -0.184. The third-order valence-electron chi connectivity index (χ3n) is 15.4. The van der Waals surface area contributed by atoms with E-state index in [1.54, 1.807) is 0 Å². The van der Waals surface area contributed by atoms with Gasteiger partial charge in [-0.2, -0.15) is 0 Å². The number of amides is 2. The van der Waals surface area contributed by atoms with Crippen molar-refractivity contribution in [2.75, 3.05) is 13.1 Å². The summed E-state index contributed by atoms with van der Waals surface area (Å²) < 4.78 is 18.6. The quantitative estimate of drug-likeness (QED) is 0.343. The van der Waals surface area contributed by atoms with E-state index in [1.807, 2.05) is 13.8 Å². The number of ether oxygens (including phenoxy) is 3. The molecular formula is C35H57N3O6. The molecule has 2 saturated heterocycles. The van der Waals surface area contributed by atoms with E-state index in [2.05, 4.69) is 45.3 Å². The number of hydrogen-bond acceptors (Lipinski definition) is 7. The lowest BCUT2D eigenvalue weighted by Gasteiger charge is -2.63. The van der Waals surface area contributed by atoms with Crippen LogP contribution in [-0.2, 0) is 14.2 Å². The Labute approximate surface area is 263 Å². The minimum absolute atomic E-state index is 0.0316. The van der Waals surface area contributed by atoms with Gasteiger partial charge in [0.25, 0.3) is 0 Å². The largest absolute Gasteiger partial charge is 0.446 e. The highest BCUT2D eigenvalue weighted by Gasteiger charge is 2.84. The Morgan fingerprint density at radius 3 is 2.34 bits per heavy atom. The molecule has 0 bridgehead atoms. The zero-order valence-corrected chi connectivity index (χ0v) is 28.0. The second-order valence-corrected chi connectivity index (χ2v) is 17.6. The molecule has 7 fully saturated rings. The van der Waals surface area contributed by atoms with Crippen molar-refractivity contribution in [2.45, 2.75) is 136 Å². The Kier molecular flexibility index (Phi) is 7.03. The van der Waals surface area contributed by atoms with Crippen molar-refractivity contribution in [1.29, 1.82) is 0 Å². The topological polar surface area (TPSA) is 132 Å². The average Bonchev–Trinajstić information content (AvgIpc) is 3.55. The molecule has 7 rings (SSSR count). The third-order valence-corrected chi connectivity index (χ3v) is 15.4. The molecule has 9 heteroatoms. The highest BCUT2D eigenvalue weighted by atomic mass is 16.6. The summed E-state index contributed by atoms with van der Waals surface area (Å²) in [6.07, 6.45) is 5.93. The molecule has 5 N–H and O–H groups in total. The lowest BCUT2D eigenvalue weighted by atomic mass is 9.41. The minimum Gasteiger partial charge on any atom is -0.446 e. The van der Waals surface area contributed by atoms with Crippen LogP contribution in [-0.4, -0.2) is 66.9 Å². The predicted molar refractivity (Wildman–Crippen MR) is 165 cm³/mol. The van der Waals surface area contributed by atoms with Crippen LogP contribution in [0.15, 0.2) is 0 Å². The van der Waals surface area contributed by atoms with Gasteiger partial charge in [-0.05, 0) is 97.2 Å². The number of carbonyl (C=O) groups excluding carboxylic acids is 2. The molecule has 0 aromatic heterocycles. The van der Waals surface area contributed by atoms with Gasteiger partial charge in [0.05, 0.1) is 24.4 Å². The first-order valence-corrected chi connectivity index (χ1v) is 17.6. The second-order valence-electron chi connectivity index (χ2n) is 17.6. The third kappa shape index (κ3) is 3.93. The molecule has 248 valence electrons. The maximum atomic E-state index is 12.8. The molecule has 13 atom stereocenters. The number of carbonyl (C=O) groups is 2. The van der Waals surface area contributed by atoms with Crippen LogP contribution in [0.3, 0.4) is 0 Å². The Balaban J connectivity index is 1.14. The van der Waals surface area contributed by atoms with Crippen molar-refractivity contribution in [3.8, 4) is 0 Å². The van der Waals surface area contributed by atoms with Crippen LogP contribution < -0.4 is 16.4 Å². The van der Waals surface area contributed by atoms with Gasteiger partial charge in [0.15, 0.2) is 0 Å². The average molecular weight is 616 g/mol. The van der Waals surface area contributed by atoms with Crippen LogP contribution in [0, 0.1) is 56.7 Å². The molecule has 44 heavy (non-hydrogen) atoms. The molecule has 2 aliphatic heterocycles. The molecule has 0 aromatic rings. The van der Waals surface area contributed by atoms with E-state index >= 15 is 0 Å². The van der Waals surface area contributed by atoms with Gasteiger partial charge in [-0.25, -0.2) is 9.59 Å². The van der Waals surface area contributed by atoms with Crippen molar-refractivity contribution >= 4 is 12.2 Å². The Morgan fingerprint density at radius 2 is 1.70 bits per heavy atom. The van der Waals surface area contributed by atoms with Crippen molar-refractivity contribution in [3.63, 3.8) is 0 Å². The SMILES string of the molecule is CC(C)[C@@H](OC(N)=O)C1C[C@@H](C)[C@H]2C(O1)[C@H](O)[C@@]1(C)C3CC[C@H]4C(C)(C)[C@@H](OC(=O)NC5CNC5)CC[C@@]45CC35CC[C@]21C. The first-order chi connectivity index (χ1) is 20.6. The monoisotopic (exact) mass is 615 g/mol. The van der Waals surface area contributed by atoms with Crippen molar-refractivity contribution in [2.24, 2.45) is 62.4 Å². The standard InChI is InChI=1S/C35H57N3O6/c1-18(2)26(44-29(36)40)21-14-19(3)25-27(42-21)28(39)33(7)23-9-8-22-31(4,5)24(43-30(41)38-20-15-37-16-20)10-11-34(22)17-35(23,34)13-12-32(25,33)6/h18-28,37,39H,8-17H2,1-7H3,(H2,36,40)(H,38,41)/t19-,21?,22+,23?,24+,25+,26-,27?,28+,32-,33-,34-,35?/m1/s1. The maximum absolute atomic E-state index is 12.8. The van der Waals surface area contributed by atoms with Gasteiger partial charge in [-0.15, -0.1) is 0 Å². The van der Waals surface area contributed by atoms with E-state index in [0.29, 0.717) is 17.8 Å². The molecule has 5 saturated carbocycles. The zero-order chi connectivity index (χ0) is 31.6. The Hall–Kier alpha value is -1.58. The van der Waals surface area contributed by atoms with Gasteiger partial charge in [0, 0.05) is 23.9 Å². The fourth-order valence-corrected chi connectivity index (χ4v) is 13.2. The number of aliphatic hydroxyl groups excluding tert-OH is 1. The summed E-state index contributed by atoms with van der Waals surface area (Å²) in [5.41, 5.74) is 5.58. The zero-order valence-electron chi connectivity index (χ0n) is 28.0. The maximum Gasteiger partial charge on any atom is 0.407 e. The van der Waals surface area contributed by atoms with E-state index in [9.17, 15) is 14.7 Å². The van der Waals surface area contributed by atoms with Crippen LogP contribution in [0.25, 0.3) is 0 Å². The summed E-state index contributed by atoms with van der Waals surface area (Å²) in [6.45, 7) is 17.6. The van der Waals surface area contributed by atoms with E-state index in [-0.39, 0.29) is 69.4 Å². The van der Waals surface area contributed by atoms with Gasteiger partial charge in [0.2, 0.25) is 0 Å². The minimum atomic E-state index is -0.765. The van der Waals surface area contributed by atoms with E-state index < -0.39 is 18.3 Å². The van der Waals surface area contributed by atoms with E-state index in [4.69, 9.17) is 19.9 Å². The highest BCUT2D eigenvalue weighted by Crippen LogP contribution is 2.89. The van der Waals surface area contributed by atoms with Gasteiger partial charge < -0.3 is 35.7 Å². The number of nitrogens with two attached hydrogens (primary N) is 1. The molecule has 7 aliphatic rings. The fraction of sp³-hybridized carbons (Fsp3) is 0.943. The summed E-state index contributed by atoms with van der Waals surface area (Å²) >= 11 is 0. The molecule has 2 heterocycles. The molecule has 4 unspecified atom stereocenters. The summed E-state index contributed by atoms with van der Waals surface area (Å²) in [4.78, 5) is 24.6. The summed E-state index contributed by atoms with van der Waals surface area (Å²) in [6, 6.07) is 0.176. The number of primary amides is 1. The summed E-state index contributed by atoms with van der Waals surface area (Å²) in [5, 5.41) is 18.7. The van der Waals surface area contributed by atoms with E-state index in [0.717, 1.165) is 51.6 Å². The number of alkyl carbamates (subject to hydrolysis) is 1. The van der Waals surface area contributed by atoms with Gasteiger partial charge in [-0.1, -0.05) is 48.5 Å². The molecule has 9 nitrogen and oxygen atoms in total. The van der Waals surface area contributed by atoms with Gasteiger partial charge >= 0.3 is 12.2 Å². The Morgan fingerprint density at radius 1 is 1.02 bits per heavy atom. The highest BCUT2D eigenvalue weighted by molar-refractivity contribution is 5.68. The number of fused-ring (bicyclic) bond motifs is 4. The number of hydrogen-bond donors (Lipinski definition) is 4. The van der Waals surface area contributed by atoms with Crippen molar-refractivity contribution in [3.05, 3.63) is 0 Å².